The van der Waals surface area contributed by atoms with Gasteiger partial charge in [0.1, 0.15) is 5.82 Å². The molecule has 0 bridgehead atoms. The van der Waals surface area contributed by atoms with E-state index >= 15 is 0 Å². The molecule has 2 aromatic carbocycles. The number of rotatable bonds is 3. The summed E-state index contributed by atoms with van der Waals surface area (Å²) in [5.41, 5.74) is 0.946. The van der Waals surface area contributed by atoms with Gasteiger partial charge in [-0.05, 0) is 29.8 Å². The van der Waals surface area contributed by atoms with Gasteiger partial charge < -0.3 is 4.74 Å². The van der Waals surface area contributed by atoms with Gasteiger partial charge in [-0.1, -0.05) is 30.3 Å². The fourth-order valence-electron chi connectivity index (χ4n) is 2.47. The van der Waals surface area contributed by atoms with Crippen LogP contribution in [-0.2, 0) is 14.8 Å². The molecule has 3 rings (SSSR count). The van der Waals surface area contributed by atoms with Gasteiger partial charge in [-0.2, -0.15) is 4.31 Å². The quantitative estimate of drug-likeness (QED) is 0.873. The number of nitrogens with zero attached hydrogens (tertiary/aromatic N) is 1. The normalized spacial score (nSPS) is 20.0. The fourth-order valence-corrected chi connectivity index (χ4v) is 3.89. The minimum absolute atomic E-state index is 0.0996. The van der Waals surface area contributed by atoms with E-state index in [1.165, 1.54) is 16.4 Å². The number of halogens is 1. The zero-order valence-electron chi connectivity index (χ0n) is 11.9. The van der Waals surface area contributed by atoms with Gasteiger partial charge in [0.2, 0.25) is 10.0 Å². The van der Waals surface area contributed by atoms with Crippen molar-refractivity contribution in [2.75, 3.05) is 19.7 Å². The van der Waals surface area contributed by atoms with Crippen LogP contribution >= 0.6 is 0 Å². The Morgan fingerprint density at radius 3 is 2.41 bits per heavy atom. The zero-order chi connectivity index (χ0) is 15.6. The average Bonchev–Trinajstić information content (AvgIpc) is 2.56. The minimum atomic E-state index is -3.63. The summed E-state index contributed by atoms with van der Waals surface area (Å²) in [6.45, 7) is 0.882. The van der Waals surface area contributed by atoms with Crippen LogP contribution in [0.2, 0.25) is 0 Å². The molecule has 6 heteroatoms. The summed E-state index contributed by atoms with van der Waals surface area (Å²) in [5.74, 6) is -0.455. The van der Waals surface area contributed by atoms with E-state index < -0.39 is 15.8 Å². The van der Waals surface area contributed by atoms with E-state index in [2.05, 4.69) is 0 Å². The molecule has 0 spiro atoms. The van der Waals surface area contributed by atoms with E-state index in [0.29, 0.717) is 13.2 Å². The Balaban J connectivity index is 1.83. The van der Waals surface area contributed by atoms with Crippen molar-refractivity contribution in [3.05, 3.63) is 66.0 Å². The van der Waals surface area contributed by atoms with Crippen LogP contribution in [0.1, 0.15) is 11.7 Å². The third-order valence-corrected chi connectivity index (χ3v) is 5.53. The lowest BCUT2D eigenvalue weighted by atomic mass is 10.1. The Morgan fingerprint density at radius 2 is 1.73 bits per heavy atom. The minimum Gasteiger partial charge on any atom is -0.371 e. The monoisotopic (exact) mass is 321 g/mol. The second-order valence-corrected chi connectivity index (χ2v) is 7.03. The number of sulfonamides is 1. The fraction of sp³-hybridized carbons (Fsp3) is 0.250. The maximum Gasteiger partial charge on any atom is 0.243 e. The second-order valence-electron chi connectivity index (χ2n) is 5.09. The van der Waals surface area contributed by atoms with Crippen molar-refractivity contribution < 1.29 is 17.5 Å². The number of benzene rings is 2. The first-order chi connectivity index (χ1) is 10.6. The van der Waals surface area contributed by atoms with Crippen molar-refractivity contribution in [1.82, 2.24) is 4.31 Å². The molecule has 116 valence electrons. The SMILES string of the molecule is O=S(=O)(c1ccc(F)cc1)N1CCO[C@@H](c2ccccc2)C1. The highest BCUT2D eigenvalue weighted by atomic mass is 32.2. The molecule has 0 aromatic heterocycles. The molecule has 1 aliphatic rings. The van der Waals surface area contributed by atoms with Crippen LogP contribution in [0.3, 0.4) is 0 Å². The number of ether oxygens (including phenoxy) is 1. The number of morpholine rings is 1. The second kappa shape index (κ2) is 6.16. The molecule has 1 atom stereocenters. The molecule has 0 unspecified atom stereocenters. The van der Waals surface area contributed by atoms with E-state index in [1.807, 2.05) is 30.3 Å². The van der Waals surface area contributed by atoms with Gasteiger partial charge in [0.05, 0.1) is 17.6 Å². The van der Waals surface area contributed by atoms with Crippen molar-refractivity contribution in [3.8, 4) is 0 Å². The summed E-state index contributed by atoms with van der Waals surface area (Å²) >= 11 is 0. The maximum absolute atomic E-state index is 13.0. The van der Waals surface area contributed by atoms with Gasteiger partial charge in [0.15, 0.2) is 0 Å². The molecule has 0 radical (unpaired) electrons. The van der Waals surface area contributed by atoms with Crippen LogP contribution in [0.25, 0.3) is 0 Å². The lowest BCUT2D eigenvalue weighted by Gasteiger charge is -2.32. The van der Waals surface area contributed by atoms with Gasteiger partial charge in [0.25, 0.3) is 0 Å². The van der Waals surface area contributed by atoms with Gasteiger partial charge in [-0.15, -0.1) is 0 Å². The average molecular weight is 321 g/mol. The van der Waals surface area contributed by atoms with Crippen LogP contribution in [0.15, 0.2) is 59.5 Å². The van der Waals surface area contributed by atoms with Gasteiger partial charge in [-0.25, -0.2) is 12.8 Å². The topological polar surface area (TPSA) is 46.6 Å². The third kappa shape index (κ3) is 3.04. The Morgan fingerprint density at radius 1 is 1.05 bits per heavy atom. The third-order valence-electron chi connectivity index (χ3n) is 3.65. The van der Waals surface area contributed by atoms with Gasteiger partial charge in [0, 0.05) is 13.1 Å². The molecular formula is C16H16FNO3S. The molecular weight excluding hydrogens is 305 g/mol. The molecule has 22 heavy (non-hydrogen) atoms. The molecule has 4 nitrogen and oxygen atoms in total. The zero-order valence-corrected chi connectivity index (χ0v) is 12.7. The Labute approximate surface area is 129 Å². The summed E-state index contributed by atoms with van der Waals surface area (Å²) in [6.07, 6.45) is -0.287. The van der Waals surface area contributed by atoms with Gasteiger partial charge >= 0.3 is 0 Å². The predicted molar refractivity (Wildman–Crippen MR) is 80.3 cm³/mol. The lowest BCUT2D eigenvalue weighted by molar-refractivity contribution is -0.00255. The molecule has 0 saturated carbocycles. The van der Waals surface area contributed by atoms with Crippen molar-refractivity contribution in [1.29, 1.82) is 0 Å². The molecule has 1 saturated heterocycles. The first kappa shape index (κ1) is 15.1. The molecule has 1 heterocycles. The van der Waals surface area contributed by atoms with Crippen molar-refractivity contribution in [2.24, 2.45) is 0 Å². The summed E-state index contributed by atoms with van der Waals surface area (Å²) < 4.78 is 45.3. The van der Waals surface area contributed by atoms with E-state index in [-0.39, 0.29) is 17.5 Å². The van der Waals surface area contributed by atoms with Gasteiger partial charge in [-0.3, -0.25) is 0 Å². The Hall–Kier alpha value is -1.76. The molecule has 0 N–H and O–H groups in total. The standard InChI is InChI=1S/C16H16FNO3S/c17-14-6-8-15(9-7-14)22(19,20)18-10-11-21-16(12-18)13-4-2-1-3-5-13/h1-9,16H,10-12H2/t16-/m1/s1. The van der Waals surface area contributed by atoms with E-state index in [4.69, 9.17) is 4.74 Å². The molecule has 0 amide bonds. The highest BCUT2D eigenvalue weighted by molar-refractivity contribution is 7.89. The van der Waals surface area contributed by atoms with E-state index in [0.717, 1.165) is 17.7 Å². The first-order valence-electron chi connectivity index (χ1n) is 6.99. The lowest BCUT2D eigenvalue weighted by Crippen LogP contribution is -2.42. The van der Waals surface area contributed by atoms with Crippen LogP contribution in [0.4, 0.5) is 4.39 Å². The summed E-state index contributed by atoms with van der Waals surface area (Å²) in [6, 6.07) is 14.4. The molecule has 0 aliphatic carbocycles. The smallest absolute Gasteiger partial charge is 0.243 e. The van der Waals surface area contributed by atoms with E-state index in [1.54, 1.807) is 0 Å². The first-order valence-corrected chi connectivity index (χ1v) is 8.43. The van der Waals surface area contributed by atoms with Crippen LogP contribution in [0.5, 0.6) is 0 Å². The summed E-state index contributed by atoms with van der Waals surface area (Å²) in [4.78, 5) is 0.0996. The maximum atomic E-state index is 13.0. The van der Waals surface area contributed by atoms with Crippen molar-refractivity contribution in [2.45, 2.75) is 11.0 Å². The Kier molecular flexibility index (Phi) is 4.24. The predicted octanol–water partition coefficient (Wildman–Crippen LogP) is 2.59. The molecule has 1 aliphatic heterocycles. The number of hydrogen-bond donors (Lipinski definition) is 0. The summed E-state index contributed by atoms with van der Waals surface area (Å²) in [7, 11) is -3.63. The Bertz CT molecular complexity index is 732. The largest absolute Gasteiger partial charge is 0.371 e. The highest BCUT2D eigenvalue weighted by Crippen LogP contribution is 2.26. The van der Waals surface area contributed by atoms with Crippen molar-refractivity contribution in [3.63, 3.8) is 0 Å². The molecule has 1 fully saturated rings. The molecule has 2 aromatic rings. The summed E-state index contributed by atoms with van der Waals surface area (Å²) in [5, 5.41) is 0. The van der Waals surface area contributed by atoms with Crippen molar-refractivity contribution >= 4 is 10.0 Å². The van der Waals surface area contributed by atoms with E-state index in [9.17, 15) is 12.8 Å². The van der Waals surface area contributed by atoms with Crippen LogP contribution in [-0.4, -0.2) is 32.4 Å². The number of hydrogen-bond acceptors (Lipinski definition) is 3. The highest BCUT2D eigenvalue weighted by Gasteiger charge is 2.31. The van der Waals surface area contributed by atoms with Crippen LogP contribution in [0, 0.1) is 5.82 Å². The van der Waals surface area contributed by atoms with Crippen LogP contribution < -0.4 is 0 Å².